The molecule has 0 spiro atoms. The zero-order chi connectivity index (χ0) is 20.4. The van der Waals surface area contributed by atoms with Gasteiger partial charge in [-0.1, -0.05) is 60.6 Å². The molecule has 0 heterocycles. The number of nitrogens with one attached hydrogen (secondary N) is 1. The minimum Gasteiger partial charge on any atom is -0.507 e. The van der Waals surface area contributed by atoms with Crippen LogP contribution in [0.15, 0.2) is 12.1 Å². The van der Waals surface area contributed by atoms with Gasteiger partial charge in [0.05, 0.1) is 0 Å². The number of phenols is 1. The van der Waals surface area contributed by atoms with Crippen LogP contribution in [0.3, 0.4) is 0 Å². The van der Waals surface area contributed by atoms with Crippen LogP contribution in [0.25, 0.3) is 0 Å². The van der Waals surface area contributed by atoms with E-state index in [4.69, 9.17) is 0 Å². The van der Waals surface area contributed by atoms with E-state index in [1.54, 1.807) is 0 Å². The fourth-order valence-electron chi connectivity index (χ4n) is 3.94. The summed E-state index contributed by atoms with van der Waals surface area (Å²) in [7, 11) is 0. The fraction of sp³-hybridized carbons (Fsp3) is 0.708. The predicted molar refractivity (Wildman–Crippen MR) is 113 cm³/mol. The topological polar surface area (TPSA) is 49.3 Å². The molecule has 0 radical (unpaired) electrons. The Kier molecular flexibility index (Phi) is 6.65. The lowest BCUT2D eigenvalue weighted by atomic mass is 9.78. The molecule has 1 aromatic carbocycles. The van der Waals surface area contributed by atoms with Gasteiger partial charge in [-0.05, 0) is 65.5 Å². The number of hydrogen-bond acceptors (Lipinski definition) is 2. The SMILES string of the molecule is CC1CCC(NC(=O)CCc2cc(C(C)(C)C)c(O)c(C(C)(C)C)c2)CC1. The minimum absolute atomic E-state index is 0.138. The first kappa shape index (κ1) is 21.8. The van der Waals surface area contributed by atoms with E-state index in [1.807, 2.05) is 0 Å². The summed E-state index contributed by atoms with van der Waals surface area (Å²) < 4.78 is 0. The lowest BCUT2D eigenvalue weighted by Gasteiger charge is -2.28. The smallest absolute Gasteiger partial charge is 0.220 e. The average molecular weight is 374 g/mol. The second-order valence-corrected chi connectivity index (χ2v) is 10.6. The highest BCUT2D eigenvalue weighted by Crippen LogP contribution is 2.40. The summed E-state index contributed by atoms with van der Waals surface area (Å²) in [6.07, 6.45) is 5.86. The van der Waals surface area contributed by atoms with Gasteiger partial charge in [0.15, 0.2) is 0 Å². The van der Waals surface area contributed by atoms with Gasteiger partial charge in [0.1, 0.15) is 5.75 Å². The highest BCUT2D eigenvalue weighted by Gasteiger charge is 2.26. The molecule has 0 unspecified atom stereocenters. The number of carbonyl (C=O) groups is 1. The van der Waals surface area contributed by atoms with Crippen molar-refractivity contribution in [1.82, 2.24) is 5.32 Å². The molecular formula is C24H39NO2. The van der Waals surface area contributed by atoms with Crippen LogP contribution in [-0.4, -0.2) is 17.1 Å². The third-order valence-electron chi connectivity index (χ3n) is 5.81. The molecule has 1 aromatic rings. The summed E-state index contributed by atoms with van der Waals surface area (Å²) in [5, 5.41) is 14.0. The molecule has 2 rings (SSSR count). The molecule has 1 aliphatic carbocycles. The van der Waals surface area contributed by atoms with Gasteiger partial charge in [0.2, 0.25) is 5.91 Å². The van der Waals surface area contributed by atoms with Gasteiger partial charge in [0.25, 0.3) is 0 Å². The Bertz CT molecular complexity index is 621. The van der Waals surface area contributed by atoms with E-state index >= 15 is 0 Å². The summed E-state index contributed by atoms with van der Waals surface area (Å²) in [5.41, 5.74) is 2.79. The Labute approximate surface area is 166 Å². The van der Waals surface area contributed by atoms with E-state index in [0.717, 1.165) is 35.4 Å². The zero-order valence-electron chi connectivity index (χ0n) is 18.4. The number of hydrogen-bond donors (Lipinski definition) is 2. The van der Waals surface area contributed by atoms with Crippen molar-refractivity contribution < 1.29 is 9.90 Å². The van der Waals surface area contributed by atoms with Crippen molar-refractivity contribution in [2.75, 3.05) is 0 Å². The maximum absolute atomic E-state index is 12.4. The van der Waals surface area contributed by atoms with Gasteiger partial charge in [-0.25, -0.2) is 0 Å². The molecule has 1 saturated carbocycles. The van der Waals surface area contributed by atoms with Gasteiger partial charge in [-0.15, -0.1) is 0 Å². The maximum Gasteiger partial charge on any atom is 0.220 e. The van der Waals surface area contributed by atoms with Crippen LogP contribution in [-0.2, 0) is 22.0 Å². The summed E-state index contributed by atoms with van der Waals surface area (Å²) in [6, 6.07) is 4.52. The first-order valence-electron chi connectivity index (χ1n) is 10.5. The van der Waals surface area contributed by atoms with Crippen molar-refractivity contribution in [1.29, 1.82) is 0 Å². The average Bonchev–Trinajstić information content (AvgIpc) is 2.54. The number of benzene rings is 1. The van der Waals surface area contributed by atoms with Gasteiger partial charge in [-0.3, -0.25) is 4.79 Å². The summed E-state index contributed by atoms with van der Waals surface area (Å²) >= 11 is 0. The monoisotopic (exact) mass is 373 g/mol. The van der Waals surface area contributed by atoms with E-state index in [0.29, 0.717) is 24.6 Å². The minimum atomic E-state index is -0.138. The van der Waals surface area contributed by atoms with Crippen molar-refractivity contribution in [3.8, 4) is 5.75 Å². The number of amides is 1. The number of rotatable bonds is 4. The van der Waals surface area contributed by atoms with E-state index in [2.05, 4.69) is 65.9 Å². The molecule has 0 aliphatic heterocycles. The van der Waals surface area contributed by atoms with E-state index in [-0.39, 0.29) is 16.7 Å². The molecule has 1 aliphatic rings. The molecule has 27 heavy (non-hydrogen) atoms. The Balaban J connectivity index is 2.10. The van der Waals surface area contributed by atoms with Gasteiger partial charge >= 0.3 is 0 Å². The van der Waals surface area contributed by atoms with Crippen LogP contribution in [0.1, 0.15) is 97.3 Å². The second-order valence-electron chi connectivity index (χ2n) is 10.6. The largest absolute Gasteiger partial charge is 0.507 e. The van der Waals surface area contributed by atoms with Crippen molar-refractivity contribution in [2.45, 2.75) is 104 Å². The van der Waals surface area contributed by atoms with Crippen molar-refractivity contribution in [3.05, 3.63) is 28.8 Å². The van der Waals surface area contributed by atoms with E-state index in [1.165, 1.54) is 12.8 Å². The van der Waals surface area contributed by atoms with Crippen molar-refractivity contribution >= 4 is 5.91 Å². The molecule has 1 fully saturated rings. The van der Waals surface area contributed by atoms with Crippen LogP contribution < -0.4 is 5.32 Å². The summed E-state index contributed by atoms with van der Waals surface area (Å²) in [6.45, 7) is 15.0. The number of aromatic hydroxyl groups is 1. The highest BCUT2D eigenvalue weighted by atomic mass is 16.3. The van der Waals surface area contributed by atoms with Crippen LogP contribution in [0, 0.1) is 5.92 Å². The molecule has 2 N–H and O–H groups in total. The van der Waals surface area contributed by atoms with Crippen LogP contribution in [0.2, 0.25) is 0 Å². The number of aryl methyl sites for hydroxylation is 1. The zero-order valence-corrected chi connectivity index (χ0v) is 18.4. The normalized spacial score (nSPS) is 21.1. The van der Waals surface area contributed by atoms with E-state index < -0.39 is 0 Å². The van der Waals surface area contributed by atoms with Gasteiger partial charge in [0, 0.05) is 12.5 Å². The number of carbonyl (C=O) groups excluding carboxylic acids is 1. The molecular weight excluding hydrogens is 334 g/mol. The molecule has 0 aromatic heterocycles. The quantitative estimate of drug-likeness (QED) is 0.720. The highest BCUT2D eigenvalue weighted by molar-refractivity contribution is 5.76. The van der Waals surface area contributed by atoms with Crippen molar-refractivity contribution in [2.24, 2.45) is 5.92 Å². The van der Waals surface area contributed by atoms with Crippen molar-refractivity contribution in [3.63, 3.8) is 0 Å². The Hall–Kier alpha value is -1.51. The van der Waals surface area contributed by atoms with Crippen LogP contribution in [0.4, 0.5) is 0 Å². The molecule has 1 amide bonds. The molecule has 0 saturated heterocycles. The Morgan fingerprint density at radius 2 is 1.48 bits per heavy atom. The number of phenolic OH excluding ortho intramolecular Hbond substituents is 1. The standard InChI is InChI=1S/C24H39NO2/c1-16-8-11-18(12-9-16)25-21(26)13-10-17-14-19(23(2,3)4)22(27)20(15-17)24(5,6)7/h14-16,18,27H,8-13H2,1-7H3,(H,25,26). The second kappa shape index (κ2) is 8.24. The van der Waals surface area contributed by atoms with Crippen LogP contribution >= 0.6 is 0 Å². The molecule has 0 atom stereocenters. The first-order valence-corrected chi connectivity index (χ1v) is 10.5. The molecule has 0 bridgehead atoms. The predicted octanol–water partition coefficient (Wildman–Crippen LogP) is 5.61. The van der Waals surface area contributed by atoms with E-state index in [9.17, 15) is 9.90 Å². The maximum atomic E-state index is 12.4. The summed E-state index contributed by atoms with van der Waals surface area (Å²) in [5.74, 6) is 1.35. The van der Waals surface area contributed by atoms with Gasteiger partial charge in [-0.2, -0.15) is 0 Å². The summed E-state index contributed by atoms with van der Waals surface area (Å²) in [4.78, 5) is 12.4. The first-order chi connectivity index (χ1) is 12.4. The Morgan fingerprint density at radius 1 is 1.00 bits per heavy atom. The van der Waals surface area contributed by atoms with Crippen LogP contribution in [0.5, 0.6) is 5.75 Å². The third kappa shape index (κ3) is 5.99. The fourth-order valence-corrected chi connectivity index (χ4v) is 3.94. The molecule has 3 heteroatoms. The lowest BCUT2D eigenvalue weighted by molar-refractivity contribution is -0.122. The molecule has 3 nitrogen and oxygen atoms in total. The molecule has 152 valence electrons. The van der Waals surface area contributed by atoms with Gasteiger partial charge < -0.3 is 10.4 Å². The third-order valence-corrected chi connectivity index (χ3v) is 5.81. The lowest BCUT2D eigenvalue weighted by Crippen LogP contribution is -2.37. The Morgan fingerprint density at radius 3 is 1.93 bits per heavy atom.